The molecule has 0 saturated heterocycles. The zero-order valence-electron chi connectivity index (χ0n) is 35.0. The molecule has 0 bridgehead atoms. The molecule has 0 heterocycles. The van der Waals surface area contributed by atoms with Crippen molar-refractivity contribution in [1.29, 1.82) is 0 Å². The van der Waals surface area contributed by atoms with Crippen LogP contribution in [-0.2, 0) is 27.9 Å². The Morgan fingerprint density at radius 2 is 1.06 bits per heavy atom. The molecule has 0 N–H and O–H groups in total. The molecule has 8 nitrogen and oxygen atoms in total. The lowest BCUT2D eigenvalue weighted by atomic mass is 10.0. The van der Waals surface area contributed by atoms with Gasteiger partial charge in [-0.15, -0.1) is 0 Å². The van der Waals surface area contributed by atoms with Crippen LogP contribution in [0.2, 0.25) is 0 Å². The number of esters is 1. The van der Waals surface area contributed by atoms with Gasteiger partial charge in [0.15, 0.2) is 6.10 Å². The third-order valence-corrected chi connectivity index (χ3v) is 9.94. The molecule has 53 heavy (non-hydrogen) atoms. The first-order chi connectivity index (χ1) is 25.6. The second kappa shape index (κ2) is 37.2. The maximum atomic E-state index is 12.5. The summed E-state index contributed by atoms with van der Waals surface area (Å²) >= 11 is 0. The molecule has 0 aromatic heterocycles. The van der Waals surface area contributed by atoms with E-state index in [1.807, 2.05) is 27.2 Å². The normalized spacial score (nSPS) is 14.2. The standard InChI is InChI=1S/C44H82NO7P/c1-6-8-10-12-14-16-18-20-22-23-24-25-27-29-31-33-35-37-44(46)50-41-43(42-52-53(47,48)51-40-38-45(3,4)5)49-39-36-34-32-30-28-26-21-19-17-15-13-11-9-7-2/h14,16,20,22,24-25,36,39,43H,6-13,15,17-19,21,23,26-35,37-38,40-42H2,1-5H3/b16-14-,22-20-,25-24-,39-36-. The Labute approximate surface area is 327 Å². The Bertz CT molecular complexity index is 989. The highest BCUT2D eigenvalue weighted by molar-refractivity contribution is 7.45. The number of likely N-dealkylation sites (N-methyl/N-ethyl adjacent to an activating group) is 1. The molecule has 2 unspecified atom stereocenters. The number of hydrogen-bond donors (Lipinski definition) is 0. The summed E-state index contributed by atoms with van der Waals surface area (Å²) in [5.74, 6) is -0.314. The van der Waals surface area contributed by atoms with Gasteiger partial charge in [0.1, 0.15) is 19.8 Å². The molecule has 0 aliphatic carbocycles. The average Bonchev–Trinajstić information content (AvgIpc) is 3.11. The predicted octanol–water partition coefficient (Wildman–Crippen LogP) is 12.1. The molecule has 2 atom stereocenters. The van der Waals surface area contributed by atoms with E-state index < -0.39 is 13.9 Å². The van der Waals surface area contributed by atoms with Gasteiger partial charge in [-0.25, -0.2) is 0 Å². The average molecular weight is 768 g/mol. The fourth-order valence-corrected chi connectivity index (χ4v) is 6.26. The van der Waals surface area contributed by atoms with E-state index in [4.69, 9.17) is 18.5 Å². The van der Waals surface area contributed by atoms with Gasteiger partial charge in [-0.1, -0.05) is 147 Å². The van der Waals surface area contributed by atoms with Crippen molar-refractivity contribution in [3.63, 3.8) is 0 Å². The van der Waals surface area contributed by atoms with Crippen molar-refractivity contribution in [1.82, 2.24) is 0 Å². The van der Waals surface area contributed by atoms with Crippen LogP contribution in [0.5, 0.6) is 0 Å². The number of nitrogens with zero attached hydrogens (tertiary/aromatic N) is 1. The molecule has 0 aromatic carbocycles. The molecular weight excluding hydrogens is 685 g/mol. The maximum Gasteiger partial charge on any atom is 0.305 e. The van der Waals surface area contributed by atoms with Crippen LogP contribution < -0.4 is 4.89 Å². The van der Waals surface area contributed by atoms with Crippen molar-refractivity contribution in [2.24, 2.45) is 0 Å². The fourth-order valence-electron chi connectivity index (χ4n) is 5.54. The van der Waals surface area contributed by atoms with Gasteiger partial charge >= 0.3 is 5.97 Å². The summed E-state index contributed by atoms with van der Waals surface area (Å²) in [6, 6.07) is 0. The third kappa shape index (κ3) is 41.3. The van der Waals surface area contributed by atoms with Gasteiger partial charge in [-0.05, 0) is 63.9 Å². The lowest BCUT2D eigenvalue weighted by Crippen LogP contribution is -2.37. The van der Waals surface area contributed by atoms with Gasteiger partial charge in [0.2, 0.25) is 0 Å². The largest absolute Gasteiger partial charge is 0.756 e. The van der Waals surface area contributed by atoms with E-state index in [0.717, 1.165) is 57.8 Å². The van der Waals surface area contributed by atoms with E-state index in [2.05, 4.69) is 50.3 Å². The molecule has 9 heteroatoms. The molecule has 0 radical (unpaired) electrons. The quantitative estimate of drug-likeness (QED) is 0.0153. The van der Waals surface area contributed by atoms with Crippen LogP contribution in [0, 0.1) is 0 Å². The first-order valence-corrected chi connectivity index (χ1v) is 22.9. The Balaban J connectivity index is 4.34. The van der Waals surface area contributed by atoms with Gasteiger partial charge in [0.25, 0.3) is 7.82 Å². The minimum absolute atomic E-state index is 0.0226. The number of quaternary nitrogens is 1. The molecule has 0 spiro atoms. The van der Waals surface area contributed by atoms with Crippen molar-refractivity contribution in [3.05, 3.63) is 48.8 Å². The number of ether oxygens (including phenoxy) is 2. The van der Waals surface area contributed by atoms with Crippen LogP contribution in [0.4, 0.5) is 0 Å². The number of unbranched alkanes of at least 4 members (excludes halogenated alkanes) is 19. The molecular formula is C44H82NO7P. The summed E-state index contributed by atoms with van der Waals surface area (Å²) in [7, 11) is 1.35. The Morgan fingerprint density at radius 1 is 0.604 bits per heavy atom. The van der Waals surface area contributed by atoms with E-state index >= 15 is 0 Å². The van der Waals surface area contributed by atoms with Crippen LogP contribution in [0.25, 0.3) is 0 Å². The van der Waals surface area contributed by atoms with Crippen molar-refractivity contribution in [3.8, 4) is 0 Å². The van der Waals surface area contributed by atoms with E-state index in [1.54, 1.807) is 6.26 Å². The summed E-state index contributed by atoms with van der Waals surface area (Å²) < 4.78 is 34.3. The van der Waals surface area contributed by atoms with E-state index in [-0.39, 0.29) is 25.8 Å². The summed E-state index contributed by atoms with van der Waals surface area (Å²) in [6.07, 6.45) is 45.0. The van der Waals surface area contributed by atoms with E-state index in [9.17, 15) is 14.3 Å². The number of phosphoric acid groups is 1. The molecule has 0 fully saturated rings. The second-order valence-corrected chi connectivity index (χ2v) is 16.8. The lowest BCUT2D eigenvalue weighted by molar-refractivity contribution is -0.870. The molecule has 0 rings (SSSR count). The smallest absolute Gasteiger partial charge is 0.305 e. The zero-order chi connectivity index (χ0) is 39.1. The molecule has 0 aromatic rings. The number of hydrogen-bond acceptors (Lipinski definition) is 7. The number of allylic oxidation sites excluding steroid dienone is 7. The summed E-state index contributed by atoms with van der Waals surface area (Å²) in [5.41, 5.74) is 0. The van der Waals surface area contributed by atoms with Gasteiger partial charge in [0, 0.05) is 6.42 Å². The fraction of sp³-hybridized carbons (Fsp3) is 0.795. The monoisotopic (exact) mass is 768 g/mol. The van der Waals surface area contributed by atoms with Crippen LogP contribution in [0.3, 0.4) is 0 Å². The molecule has 0 saturated carbocycles. The zero-order valence-corrected chi connectivity index (χ0v) is 35.8. The van der Waals surface area contributed by atoms with Crippen LogP contribution in [-0.4, -0.2) is 64.1 Å². The number of carbonyl (C=O) groups excluding carboxylic acids is 1. The Morgan fingerprint density at radius 3 is 1.60 bits per heavy atom. The number of carbonyl (C=O) groups is 1. The summed E-state index contributed by atoms with van der Waals surface area (Å²) in [6.45, 7) is 4.65. The molecule has 0 amide bonds. The highest BCUT2D eigenvalue weighted by Crippen LogP contribution is 2.38. The van der Waals surface area contributed by atoms with Crippen LogP contribution >= 0.6 is 7.82 Å². The number of phosphoric ester groups is 1. The number of rotatable bonds is 39. The van der Waals surface area contributed by atoms with Crippen molar-refractivity contribution in [2.45, 2.75) is 180 Å². The Kier molecular flexibility index (Phi) is 36.0. The van der Waals surface area contributed by atoms with Crippen LogP contribution in [0.1, 0.15) is 174 Å². The topological polar surface area (TPSA) is 94.1 Å². The summed E-state index contributed by atoms with van der Waals surface area (Å²) in [4.78, 5) is 24.8. The van der Waals surface area contributed by atoms with Crippen molar-refractivity contribution in [2.75, 3.05) is 47.5 Å². The van der Waals surface area contributed by atoms with E-state index in [1.165, 1.54) is 96.3 Å². The van der Waals surface area contributed by atoms with Gasteiger partial charge < -0.3 is 27.9 Å². The van der Waals surface area contributed by atoms with Crippen molar-refractivity contribution >= 4 is 13.8 Å². The highest BCUT2D eigenvalue weighted by Gasteiger charge is 2.19. The van der Waals surface area contributed by atoms with Gasteiger partial charge in [-0.2, -0.15) is 0 Å². The van der Waals surface area contributed by atoms with E-state index in [0.29, 0.717) is 17.4 Å². The van der Waals surface area contributed by atoms with Crippen LogP contribution in [0.15, 0.2) is 48.8 Å². The highest BCUT2D eigenvalue weighted by atomic mass is 31.2. The second-order valence-electron chi connectivity index (χ2n) is 15.4. The predicted molar refractivity (Wildman–Crippen MR) is 222 cm³/mol. The SMILES string of the molecule is CCCCC/C=C\C/C=C\C/C=C\CCCCCCC(=O)OCC(COP(=O)([O-])OCC[N+](C)(C)C)O/C=C\CCCCCCCCCCCCCC. The van der Waals surface area contributed by atoms with Gasteiger partial charge in [-0.3, -0.25) is 9.36 Å². The molecule has 0 aliphatic rings. The summed E-state index contributed by atoms with van der Waals surface area (Å²) in [5, 5.41) is 0. The first kappa shape index (κ1) is 51.3. The van der Waals surface area contributed by atoms with Gasteiger partial charge in [0.05, 0.1) is 34.0 Å². The molecule has 310 valence electrons. The molecule has 0 aliphatic heterocycles. The Hall–Kier alpha value is -1.70. The third-order valence-electron chi connectivity index (χ3n) is 8.97. The van der Waals surface area contributed by atoms with Crippen molar-refractivity contribution < 1.29 is 37.3 Å². The first-order valence-electron chi connectivity index (χ1n) is 21.4. The minimum Gasteiger partial charge on any atom is -0.756 e. The minimum atomic E-state index is -4.52. The lowest BCUT2D eigenvalue weighted by Gasteiger charge is -2.28. The maximum absolute atomic E-state index is 12.5.